The van der Waals surface area contributed by atoms with Crippen LogP contribution in [0.4, 0.5) is 5.82 Å². The molecule has 178 valence electrons. The zero-order valence-corrected chi connectivity index (χ0v) is 21.5. The van der Waals surface area contributed by atoms with Gasteiger partial charge in [0.25, 0.3) is 0 Å². The molecule has 0 aromatic carbocycles. The molecule has 1 saturated carbocycles. The standard InChI is InChI=1S/C26H37N3O3Si/c1-6-23-20(8-9-25(27-23)28-16-21-14-22(21)17-28)12-19-13-24(26(30)32-7-2)29(15-19)18-31-10-11-33(3,4)5/h6,8-9,13,15,21-22H,1,7,10-12,14,16-18H2,2-5H3. The molecule has 1 aliphatic carbocycles. The van der Waals surface area contributed by atoms with Crippen LogP contribution >= 0.6 is 0 Å². The van der Waals surface area contributed by atoms with Crippen LogP contribution in [-0.2, 0) is 22.6 Å². The van der Waals surface area contributed by atoms with Crippen LogP contribution in [-0.4, -0.2) is 49.9 Å². The predicted molar refractivity (Wildman–Crippen MR) is 135 cm³/mol. The van der Waals surface area contributed by atoms with E-state index in [2.05, 4.69) is 43.3 Å². The molecular formula is C26H37N3O3Si. The molecule has 2 aliphatic rings. The molecule has 0 radical (unpaired) electrons. The molecule has 0 bridgehead atoms. The van der Waals surface area contributed by atoms with E-state index in [0.717, 1.165) is 53.6 Å². The number of piperidine rings is 1. The van der Waals surface area contributed by atoms with Crippen molar-refractivity contribution in [2.24, 2.45) is 11.8 Å². The van der Waals surface area contributed by atoms with Crippen molar-refractivity contribution >= 4 is 25.9 Å². The molecule has 1 aliphatic heterocycles. The predicted octanol–water partition coefficient (Wildman–Crippen LogP) is 5.06. The quantitative estimate of drug-likeness (QED) is 0.263. The Kier molecular flexibility index (Phi) is 7.09. The second kappa shape index (κ2) is 9.85. The van der Waals surface area contributed by atoms with Gasteiger partial charge in [0.1, 0.15) is 18.2 Å². The fraction of sp³-hybridized carbons (Fsp3) is 0.538. The summed E-state index contributed by atoms with van der Waals surface area (Å²) in [7, 11) is -1.16. The molecule has 0 N–H and O–H groups in total. The van der Waals surface area contributed by atoms with E-state index in [0.29, 0.717) is 32.1 Å². The minimum Gasteiger partial charge on any atom is -0.461 e. The number of hydrogen-bond donors (Lipinski definition) is 0. The molecular weight excluding hydrogens is 430 g/mol. The SMILES string of the molecule is C=Cc1nc(N2CC3CC3C2)ccc1Cc1cc(C(=O)OCC)n(COCC[Si](C)(C)C)c1. The molecule has 0 amide bonds. The Morgan fingerprint density at radius 2 is 2.03 bits per heavy atom. The maximum absolute atomic E-state index is 12.5. The van der Waals surface area contributed by atoms with Gasteiger partial charge in [0, 0.05) is 40.4 Å². The molecule has 3 heterocycles. The number of pyridine rings is 1. The van der Waals surface area contributed by atoms with Crippen molar-refractivity contribution in [2.45, 2.75) is 52.2 Å². The van der Waals surface area contributed by atoms with Crippen LogP contribution in [0.25, 0.3) is 6.08 Å². The number of aromatic nitrogens is 2. The van der Waals surface area contributed by atoms with Gasteiger partial charge in [-0.15, -0.1) is 0 Å². The van der Waals surface area contributed by atoms with E-state index in [-0.39, 0.29) is 5.97 Å². The fourth-order valence-corrected chi connectivity index (χ4v) is 5.25. The lowest BCUT2D eigenvalue weighted by Crippen LogP contribution is -2.23. The molecule has 2 atom stereocenters. The maximum Gasteiger partial charge on any atom is 0.355 e. The topological polar surface area (TPSA) is 56.6 Å². The van der Waals surface area contributed by atoms with Crippen LogP contribution in [0.2, 0.25) is 25.7 Å². The highest BCUT2D eigenvalue weighted by molar-refractivity contribution is 6.76. The average molecular weight is 468 g/mol. The number of hydrogen-bond acceptors (Lipinski definition) is 5. The van der Waals surface area contributed by atoms with Gasteiger partial charge in [0.2, 0.25) is 0 Å². The summed E-state index contributed by atoms with van der Waals surface area (Å²) in [4.78, 5) is 19.8. The summed E-state index contributed by atoms with van der Waals surface area (Å²) in [5.41, 5.74) is 3.57. The van der Waals surface area contributed by atoms with Gasteiger partial charge < -0.3 is 18.9 Å². The van der Waals surface area contributed by atoms with Crippen LogP contribution in [0.3, 0.4) is 0 Å². The summed E-state index contributed by atoms with van der Waals surface area (Å²) in [5.74, 6) is 2.46. The first-order valence-electron chi connectivity index (χ1n) is 12.1. The van der Waals surface area contributed by atoms with E-state index in [1.807, 2.05) is 29.8 Å². The highest BCUT2D eigenvalue weighted by Crippen LogP contribution is 2.46. The molecule has 4 rings (SSSR count). The largest absolute Gasteiger partial charge is 0.461 e. The highest BCUT2D eigenvalue weighted by atomic mass is 28.3. The Morgan fingerprint density at radius 3 is 2.70 bits per heavy atom. The first kappa shape index (κ1) is 23.8. The zero-order valence-electron chi connectivity index (χ0n) is 20.5. The van der Waals surface area contributed by atoms with E-state index in [1.54, 1.807) is 0 Å². The molecule has 6 nitrogen and oxygen atoms in total. The summed E-state index contributed by atoms with van der Waals surface area (Å²) >= 11 is 0. The summed E-state index contributed by atoms with van der Waals surface area (Å²) in [6, 6.07) is 7.27. The van der Waals surface area contributed by atoms with Gasteiger partial charge in [0.05, 0.1) is 12.3 Å². The first-order valence-corrected chi connectivity index (χ1v) is 15.8. The van der Waals surface area contributed by atoms with Crippen LogP contribution in [0.1, 0.15) is 40.7 Å². The van der Waals surface area contributed by atoms with E-state index in [1.165, 1.54) is 6.42 Å². The van der Waals surface area contributed by atoms with Crippen molar-refractivity contribution < 1.29 is 14.3 Å². The Hall–Kier alpha value is -2.38. The van der Waals surface area contributed by atoms with Gasteiger partial charge in [-0.25, -0.2) is 9.78 Å². The number of ether oxygens (including phenoxy) is 2. The van der Waals surface area contributed by atoms with Gasteiger partial charge in [-0.3, -0.25) is 0 Å². The molecule has 2 aromatic heterocycles. The number of esters is 1. The number of carbonyl (C=O) groups is 1. The normalized spacial score (nSPS) is 19.5. The molecule has 2 unspecified atom stereocenters. The minimum atomic E-state index is -1.16. The number of rotatable bonds is 11. The Labute approximate surface area is 198 Å². The second-order valence-electron chi connectivity index (χ2n) is 10.5. The lowest BCUT2D eigenvalue weighted by molar-refractivity contribution is 0.0473. The lowest BCUT2D eigenvalue weighted by atomic mass is 10.1. The zero-order chi connectivity index (χ0) is 23.6. The molecule has 0 spiro atoms. The summed E-state index contributed by atoms with van der Waals surface area (Å²) in [5, 5.41) is 0. The van der Waals surface area contributed by atoms with Crippen molar-refractivity contribution in [3.8, 4) is 0 Å². The lowest BCUT2D eigenvalue weighted by Gasteiger charge is -2.20. The Morgan fingerprint density at radius 1 is 1.27 bits per heavy atom. The van der Waals surface area contributed by atoms with Crippen LogP contribution in [0.15, 0.2) is 31.0 Å². The first-order chi connectivity index (χ1) is 15.8. The highest BCUT2D eigenvalue weighted by Gasteiger charge is 2.45. The molecule has 33 heavy (non-hydrogen) atoms. The smallest absolute Gasteiger partial charge is 0.355 e. The van der Waals surface area contributed by atoms with Crippen LogP contribution in [0.5, 0.6) is 0 Å². The van der Waals surface area contributed by atoms with Crippen molar-refractivity contribution in [1.29, 1.82) is 0 Å². The third-order valence-electron chi connectivity index (χ3n) is 6.55. The third-order valence-corrected chi connectivity index (χ3v) is 8.26. The van der Waals surface area contributed by atoms with Crippen molar-refractivity contribution in [3.63, 3.8) is 0 Å². The second-order valence-corrected chi connectivity index (χ2v) is 16.1. The van der Waals surface area contributed by atoms with Crippen LogP contribution < -0.4 is 4.90 Å². The third kappa shape index (κ3) is 5.95. The monoisotopic (exact) mass is 467 g/mol. The van der Waals surface area contributed by atoms with Crippen molar-refractivity contribution in [3.05, 3.63) is 53.5 Å². The molecule has 2 fully saturated rings. The van der Waals surface area contributed by atoms with Gasteiger partial charge >= 0.3 is 5.97 Å². The molecule has 1 saturated heterocycles. The van der Waals surface area contributed by atoms with Crippen LogP contribution in [0, 0.1) is 11.8 Å². The summed E-state index contributed by atoms with van der Waals surface area (Å²) < 4.78 is 13.1. The van der Waals surface area contributed by atoms with Gasteiger partial charge in [-0.2, -0.15) is 0 Å². The summed E-state index contributed by atoms with van der Waals surface area (Å²) in [6.45, 7) is 16.5. The van der Waals surface area contributed by atoms with E-state index in [4.69, 9.17) is 14.5 Å². The van der Waals surface area contributed by atoms with Crippen molar-refractivity contribution in [2.75, 3.05) is 31.2 Å². The minimum absolute atomic E-state index is 0.317. The molecule has 2 aromatic rings. The van der Waals surface area contributed by atoms with E-state index < -0.39 is 8.07 Å². The van der Waals surface area contributed by atoms with E-state index >= 15 is 0 Å². The summed E-state index contributed by atoms with van der Waals surface area (Å²) in [6.07, 6.45) is 5.88. The van der Waals surface area contributed by atoms with Gasteiger partial charge in [-0.05, 0) is 60.6 Å². The number of carbonyl (C=O) groups excluding carboxylic acids is 1. The Balaban J connectivity index is 1.48. The molecule has 7 heteroatoms. The average Bonchev–Trinajstić information content (AvgIpc) is 3.17. The number of nitrogens with zero attached hydrogens (tertiary/aromatic N) is 3. The number of anilines is 1. The van der Waals surface area contributed by atoms with Gasteiger partial charge in [-0.1, -0.05) is 32.3 Å². The van der Waals surface area contributed by atoms with E-state index in [9.17, 15) is 4.79 Å². The van der Waals surface area contributed by atoms with Gasteiger partial charge in [0.15, 0.2) is 0 Å². The Bertz CT molecular complexity index is 1000. The fourth-order valence-electron chi connectivity index (χ4n) is 4.49. The van der Waals surface area contributed by atoms with Crippen molar-refractivity contribution in [1.82, 2.24) is 9.55 Å². The maximum atomic E-state index is 12.5. The number of fused-ring (bicyclic) bond motifs is 1.